The number of nitrogens with zero attached hydrogens (tertiary/aromatic N) is 10. The molecule has 336 valence electrons. The molecule has 9 heterocycles. The molecule has 4 fully saturated rings. The molecule has 22 nitrogen and oxygen atoms in total. The highest BCUT2D eigenvalue weighted by Crippen LogP contribution is 2.46. The van der Waals surface area contributed by atoms with Crippen LogP contribution >= 0.6 is 11.6 Å². The quantitative estimate of drug-likeness (QED) is 0.188. The van der Waals surface area contributed by atoms with Crippen molar-refractivity contribution in [1.82, 2.24) is 54.1 Å². The minimum Gasteiger partial charge on any atom is -0.382 e. The number of hydrogen-bond acceptors (Lipinski definition) is 18. The maximum absolute atomic E-state index is 11.9. The number of ether oxygens (including phenoxy) is 8. The van der Waals surface area contributed by atoms with E-state index < -0.39 is 30.1 Å². The number of halogens is 1. The van der Waals surface area contributed by atoms with Crippen LogP contribution in [0.4, 0.5) is 11.6 Å². The van der Waals surface area contributed by atoms with Crippen LogP contribution in [0.5, 0.6) is 0 Å². The van der Waals surface area contributed by atoms with Crippen LogP contribution in [-0.4, -0.2) is 134 Å². The fraction of sp³-hybridized carbons (Fsp3) is 0.641. The fourth-order valence-electron chi connectivity index (χ4n) is 7.70. The number of nitrogens with two attached hydrogens (primary N) is 2. The van der Waals surface area contributed by atoms with Crippen LogP contribution in [0.2, 0.25) is 5.28 Å². The summed E-state index contributed by atoms with van der Waals surface area (Å²) in [6, 6.07) is 0. The second kappa shape index (κ2) is 15.9. The van der Waals surface area contributed by atoms with Gasteiger partial charge in [0.1, 0.15) is 47.7 Å². The smallest absolute Gasteiger partial charge is 0.254 e. The van der Waals surface area contributed by atoms with Crippen molar-refractivity contribution in [3.8, 4) is 5.95 Å². The number of nitrogen functional groups attached to an aromatic ring is 2. The number of imidazole rings is 2. The lowest BCUT2D eigenvalue weighted by Crippen LogP contribution is -2.35. The highest BCUT2D eigenvalue weighted by atomic mass is 35.5. The number of hydrogen-bond donors (Lipinski definition) is 3. The monoisotopic (exact) mass is 883 g/mol. The van der Waals surface area contributed by atoms with Gasteiger partial charge in [-0.25, -0.2) is 14.6 Å². The average molecular weight is 884 g/mol. The highest BCUT2D eigenvalue weighted by Gasteiger charge is 2.57. The summed E-state index contributed by atoms with van der Waals surface area (Å²) in [4.78, 5) is 37.8. The number of nitrogens with one attached hydrogen (secondary N) is 1. The van der Waals surface area contributed by atoms with Crippen LogP contribution in [0.25, 0.3) is 28.3 Å². The first-order chi connectivity index (χ1) is 29.0. The zero-order chi connectivity index (χ0) is 44.7. The third kappa shape index (κ3) is 8.79. The van der Waals surface area contributed by atoms with Gasteiger partial charge in [0.25, 0.3) is 11.9 Å². The summed E-state index contributed by atoms with van der Waals surface area (Å²) < 4.78 is 54.1. The molecule has 2 unspecified atom stereocenters. The number of carbonyl (C=O) groups is 1. The zero-order valence-corrected chi connectivity index (χ0v) is 37.3. The van der Waals surface area contributed by atoms with Gasteiger partial charge in [0.05, 0.1) is 48.8 Å². The van der Waals surface area contributed by atoms with Crippen LogP contribution in [-0.2, 0) is 37.9 Å². The van der Waals surface area contributed by atoms with Gasteiger partial charge in [-0.05, 0) is 80.8 Å². The molecule has 0 saturated carbocycles. The SMILES string of the molecule is CC(C)(C)OC[C@H]1O[C@@H](n2cnc3c(N)nc(Cl)nc32)C2OC(C)(C)O[C@H]21.CNC(=O)c1cnn(-c2nc(N)c3ncn([C@@H]4O[C@H](COC(C)(C)C)[C@@H]5OC(C)(C)OC54)c3n2)c1. The van der Waals surface area contributed by atoms with Crippen molar-refractivity contribution < 1.29 is 42.7 Å². The van der Waals surface area contributed by atoms with Crippen molar-refractivity contribution in [1.29, 1.82) is 0 Å². The van der Waals surface area contributed by atoms with E-state index in [1.54, 1.807) is 28.8 Å². The van der Waals surface area contributed by atoms with Crippen molar-refractivity contribution in [3.63, 3.8) is 0 Å². The predicted octanol–water partition coefficient (Wildman–Crippen LogP) is 3.48. The molecule has 4 saturated heterocycles. The molecule has 0 aromatic carbocycles. The third-order valence-electron chi connectivity index (χ3n) is 10.3. The van der Waals surface area contributed by atoms with E-state index in [9.17, 15) is 4.79 Å². The Kier molecular flexibility index (Phi) is 11.2. The third-order valence-corrected chi connectivity index (χ3v) is 10.5. The normalized spacial score (nSPS) is 27.7. The topological polar surface area (TPSA) is 260 Å². The van der Waals surface area contributed by atoms with E-state index in [2.05, 4.69) is 40.3 Å². The standard InChI is InChI=1S/C22H30N8O5.C17H24ClN5O4/c1-21(2,3)32-9-12-14-15(35-22(4,5)34-14)19(33-12)29-10-25-13-16(23)27-20(28-17(13)29)30-8-11(7-26-30)18(31)24-6;1-16(2,3)24-6-8-10-11(27-17(4,5)26-10)14(25-8)23-7-20-9-12(19)21-15(18)22-13(9)23/h7-8,10,12,14-15,19H,9H2,1-6H3,(H,24,31)(H2,23,27,28);7-8,10-11,14H,6H2,1-5H3,(H2,19,21,22)/t12-,14+,15?,19-;8-,10+,11?,14-/m11/s1. The maximum atomic E-state index is 11.9. The summed E-state index contributed by atoms with van der Waals surface area (Å²) in [6.07, 6.45) is 3.04. The van der Waals surface area contributed by atoms with Gasteiger partial charge in [-0.1, -0.05) is 0 Å². The average Bonchev–Trinajstić information content (AvgIpc) is 4.03. The van der Waals surface area contributed by atoms with E-state index in [-0.39, 0.29) is 70.5 Å². The van der Waals surface area contributed by atoms with Gasteiger partial charge < -0.3 is 54.7 Å². The predicted molar refractivity (Wildman–Crippen MR) is 222 cm³/mol. The lowest BCUT2D eigenvalue weighted by Gasteiger charge is -2.27. The molecule has 62 heavy (non-hydrogen) atoms. The van der Waals surface area contributed by atoms with Crippen molar-refractivity contribution in [2.24, 2.45) is 0 Å². The molecule has 1 amide bonds. The van der Waals surface area contributed by atoms with E-state index in [0.29, 0.717) is 41.1 Å². The molecule has 9 rings (SSSR count). The van der Waals surface area contributed by atoms with Gasteiger partial charge in [-0.3, -0.25) is 13.9 Å². The first-order valence-corrected chi connectivity index (χ1v) is 20.6. The Bertz CT molecular complexity index is 2460. The summed E-state index contributed by atoms with van der Waals surface area (Å²) in [5, 5.41) is 6.80. The molecular formula is C39H54ClN13O9. The Balaban J connectivity index is 0.000000176. The highest BCUT2D eigenvalue weighted by molar-refractivity contribution is 6.28. The van der Waals surface area contributed by atoms with Crippen LogP contribution in [0.3, 0.4) is 0 Å². The number of carbonyl (C=O) groups excluding carboxylic acids is 1. The lowest BCUT2D eigenvalue weighted by molar-refractivity contribution is -0.205. The van der Waals surface area contributed by atoms with E-state index in [0.717, 1.165) is 0 Å². The van der Waals surface area contributed by atoms with Gasteiger partial charge in [0, 0.05) is 13.2 Å². The van der Waals surface area contributed by atoms with Crippen molar-refractivity contribution in [2.45, 2.75) is 141 Å². The first kappa shape index (κ1) is 44.0. The van der Waals surface area contributed by atoms with E-state index in [1.807, 2.05) is 69.2 Å². The summed E-state index contributed by atoms with van der Waals surface area (Å²) in [7, 11) is 1.55. The van der Waals surface area contributed by atoms with Gasteiger partial charge in [-0.15, -0.1) is 0 Å². The molecule has 5 aromatic heterocycles. The summed E-state index contributed by atoms with van der Waals surface area (Å²) in [5.74, 6) is -1.19. The Morgan fingerprint density at radius 3 is 1.71 bits per heavy atom. The van der Waals surface area contributed by atoms with Gasteiger partial charge >= 0.3 is 0 Å². The second-order valence-corrected chi connectivity index (χ2v) is 18.6. The fourth-order valence-corrected chi connectivity index (χ4v) is 7.88. The Labute approximate surface area is 362 Å². The van der Waals surface area contributed by atoms with E-state index in [1.165, 1.54) is 17.1 Å². The molecule has 4 aliphatic heterocycles. The van der Waals surface area contributed by atoms with Crippen LogP contribution in [0.1, 0.15) is 92.1 Å². The van der Waals surface area contributed by atoms with Crippen molar-refractivity contribution in [3.05, 3.63) is 35.9 Å². The maximum Gasteiger partial charge on any atom is 0.254 e. The molecule has 4 aliphatic rings. The molecule has 8 atom stereocenters. The molecule has 5 N–H and O–H groups in total. The van der Waals surface area contributed by atoms with E-state index in [4.69, 9.17) is 61.0 Å². The molecule has 0 spiro atoms. The van der Waals surface area contributed by atoms with Crippen LogP contribution in [0, 0.1) is 0 Å². The molecular weight excluding hydrogens is 830 g/mol. The lowest BCUT2D eigenvalue weighted by atomic mass is 10.1. The minimum absolute atomic E-state index is 0.0489. The molecule has 5 aromatic rings. The zero-order valence-electron chi connectivity index (χ0n) is 36.5. The van der Waals surface area contributed by atoms with Crippen LogP contribution in [0.15, 0.2) is 25.0 Å². The van der Waals surface area contributed by atoms with Gasteiger partial charge in [0.15, 0.2) is 47.0 Å². The largest absolute Gasteiger partial charge is 0.382 e. The minimum atomic E-state index is -0.780. The number of amides is 1. The molecule has 0 radical (unpaired) electrons. The molecule has 0 aliphatic carbocycles. The summed E-state index contributed by atoms with van der Waals surface area (Å²) in [6.45, 7) is 20.2. The Morgan fingerprint density at radius 1 is 0.758 bits per heavy atom. The van der Waals surface area contributed by atoms with Gasteiger partial charge in [0.2, 0.25) is 5.28 Å². The molecule has 23 heteroatoms. The van der Waals surface area contributed by atoms with E-state index >= 15 is 0 Å². The van der Waals surface area contributed by atoms with Crippen LogP contribution < -0.4 is 16.8 Å². The number of aromatic nitrogens is 10. The van der Waals surface area contributed by atoms with Crippen molar-refractivity contribution in [2.75, 3.05) is 31.7 Å². The van der Waals surface area contributed by atoms with Gasteiger partial charge in [-0.2, -0.15) is 25.0 Å². The summed E-state index contributed by atoms with van der Waals surface area (Å²) >= 11 is 5.98. The van der Waals surface area contributed by atoms with Crippen molar-refractivity contribution >= 4 is 51.5 Å². The number of rotatable bonds is 8. The second-order valence-electron chi connectivity index (χ2n) is 18.3. The number of fused-ring (bicyclic) bond motifs is 4. The molecule has 0 bridgehead atoms. The Hall–Kier alpha value is -4.65. The first-order valence-electron chi connectivity index (χ1n) is 20.2. The Morgan fingerprint density at radius 2 is 1.23 bits per heavy atom. The number of anilines is 2. The summed E-state index contributed by atoms with van der Waals surface area (Å²) in [5.41, 5.74) is 13.7.